The van der Waals surface area contributed by atoms with E-state index in [-0.39, 0.29) is 11.5 Å². The number of amides is 1. The fraction of sp³-hybridized carbons (Fsp3) is 0.667. The van der Waals surface area contributed by atoms with E-state index in [1.54, 1.807) is 18.5 Å². The first kappa shape index (κ1) is 18.4. The molecule has 0 radical (unpaired) electrons. The number of hydrogen-bond acceptors (Lipinski definition) is 5. The largest absolute Gasteiger partial charge is 0.463 e. The molecule has 1 aliphatic carbocycles. The zero-order valence-electron chi connectivity index (χ0n) is 15.9. The van der Waals surface area contributed by atoms with E-state index >= 15 is 0 Å². The van der Waals surface area contributed by atoms with Crippen molar-refractivity contribution in [2.75, 3.05) is 26.3 Å². The van der Waals surface area contributed by atoms with Crippen LogP contribution in [0.25, 0.3) is 0 Å². The fourth-order valence-electron chi connectivity index (χ4n) is 4.47. The van der Waals surface area contributed by atoms with Gasteiger partial charge in [-0.2, -0.15) is 0 Å². The summed E-state index contributed by atoms with van der Waals surface area (Å²) in [5.74, 6) is 0.838. The molecule has 2 aliphatic heterocycles. The van der Waals surface area contributed by atoms with Gasteiger partial charge < -0.3 is 14.4 Å². The second-order valence-corrected chi connectivity index (χ2v) is 8.09. The third-order valence-electron chi connectivity index (χ3n) is 5.97. The number of nitrogens with zero attached hydrogens (tertiary/aromatic N) is 3. The number of carbonyl (C=O) groups excluding carboxylic acids is 1. The molecule has 6 nitrogen and oxygen atoms in total. The van der Waals surface area contributed by atoms with Crippen molar-refractivity contribution in [2.45, 2.75) is 57.0 Å². The van der Waals surface area contributed by atoms with E-state index in [4.69, 9.17) is 9.47 Å². The molecule has 1 atom stereocenters. The van der Waals surface area contributed by atoms with E-state index in [0.717, 1.165) is 51.8 Å². The number of allylic oxidation sites excluding steroid dienone is 1. The third-order valence-corrected chi connectivity index (χ3v) is 5.97. The number of carbonyl (C=O) groups is 1. The maximum Gasteiger partial charge on any atom is 0.316 e. The van der Waals surface area contributed by atoms with Crippen LogP contribution < -0.4 is 4.74 Å². The van der Waals surface area contributed by atoms with Gasteiger partial charge in [-0.15, -0.1) is 0 Å². The Morgan fingerprint density at radius 1 is 1.30 bits per heavy atom. The van der Waals surface area contributed by atoms with E-state index in [9.17, 15) is 4.79 Å². The molecule has 0 unspecified atom stereocenters. The minimum atomic E-state index is -0.122. The highest BCUT2D eigenvalue weighted by atomic mass is 16.5. The lowest BCUT2D eigenvalue weighted by molar-refractivity contribution is -0.188. The lowest BCUT2D eigenvalue weighted by Gasteiger charge is -2.53. The standard InChI is InChI=1S/C21H29N3O3/c25-19(13-17-5-2-1-3-6-17)24-15-21(16-24)14-18(8-12-27-21)7-11-26-20-22-9-4-10-23-20/h4-5,9-10,18H,1-3,6-8,11-16H2/t18-/m1/s1. The highest BCUT2D eigenvalue weighted by molar-refractivity contribution is 5.80. The molecule has 0 saturated carbocycles. The topological polar surface area (TPSA) is 64.6 Å². The van der Waals surface area contributed by atoms with Gasteiger partial charge in [-0.3, -0.25) is 4.79 Å². The van der Waals surface area contributed by atoms with Crippen LogP contribution in [-0.2, 0) is 9.53 Å². The summed E-state index contributed by atoms with van der Waals surface area (Å²) in [4.78, 5) is 22.7. The van der Waals surface area contributed by atoms with E-state index in [1.807, 2.05) is 4.90 Å². The molecule has 27 heavy (non-hydrogen) atoms. The second-order valence-electron chi connectivity index (χ2n) is 8.09. The molecule has 1 aromatic rings. The van der Waals surface area contributed by atoms with Crippen LogP contribution in [0.2, 0.25) is 0 Å². The molecular weight excluding hydrogens is 342 g/mol. The molecule has 4 rings (SSSR count). The molecule has 2 fully saturated rings. The molecule has 1 spiro atoms. The first-order valence-electron chi connectivity index (χ1n) is 10.2. The molecule has 3 heterocycles. The minimum absolute atomic E-state index is 0.122. The zero-order valence-corrected chi connectivity index (χ0v) is 15.9. The fourth-order valence-corrected chi connectivity index (χ4v) is 4.47. The summed E-state index contributed by atoms with van der Waals surface area (Å²) in [6, 6.07) is 2.22. The van der Waals surface area contributed by atoms with Crippen LogP contribution in [0.15, 0.2) is 30.1 Å². The van der Waals surface area contributed by atoms with Gasteiger partial charge in [0, 0.05) is 25.4 Å². The summed E-state index contributed by atoms with van der Waals surface area (Å²) in [5.41, 5.74) is 1.21. The molecule has 2 saturated heterocycles. The van der Waals surface area contributed by atoms with Crippen LogP contribution in [-0.4, -0.2) is 52.7 Å². The average Bonchev–Trinajstić information content (AvgIpc) is 2.68. The summed E-state index contributed by atoms with van der Waals surface area (Å²) in [6.45, 7) is 2.90. The van der Waals surface area contributed by atoms with Crippen molar-refractivity contribution < 1.29 is 14.3 Å². The Bertz CT molecular complexity index is 671. The normalized spacial score (nSPS) is 24.2. The van der Waals surface area contributed by atoms with Gasteiger partial charge >= 0.3 is 6.01 Å². The Kier molecular flexibility index (Phi) is 5.72. The highest BCUT2D eigenvalue weighted by Gasteiger charge is 2.49. The quantitative estimate of drug-likeness (QED) is 0.719. The Labute approximate surface area is 161 Å². The van der Waals surface area contributed by atoms with Gasteiger partial charge in [-0.25, -0.2) is 9.97 Å². The van der Waals surface area contributed by atoms with Crippen molar-refractivity contribution in [2.24, 2.45) is 5.92 Å². The summed E-state index contributed by atoms with van der Waals surface area (Å²) < 4.78 is 11.7. The van der Waals surface area contributed by atoms with Crippen molar-refractivity contribution in [3.63, 3.8) is 0 Å². The van der Waals surface area contributed by atoms with Gasteiger partial charge in [0.25, 0.3) is 0 Å². The average molecular weight is 371 g/mol. The first-order valence-corrected chi connectivity index (χ1v) is 10.2. The van der Waals surface area contributed by atoms with Gasteiger partial charge in [0.05, 0.1) is 19.7 Å². The first-order chi connectivity index (χ1) is 13.2. The van der Waals surface area contributed by atoms with E-state index < -0.39 is 0 Å². The minimum Gasteiger partial charge on any atom is -0.463 e. The van der Waals surface area contributed by atoms with Crippen molar-refractivity contribution >= 4 is 5.91 Å². The van der Waals surface area contributed by atoms with Crippen LogP contribution >= 0.6 is 0 Å². The van der Waals surface area contributed by atoms with Crippen molar-refractivity contribution in [1.29, 1.82) is 0 Å². The predicted octanol–water partition coefficient (Wildman–Crippen LogP) is 3.14. The number of rotatable bonds is 6. The van der Waals surface area contributed by atoms with E-state index in [0.29, 0.717) is 25.0 Å². The number of hydrogen-bond donors (Lipinski definition) is 0. The van der Waals surface area contributed by atoms with Crippen LogP contribution in [0, 0.1) is 5.92 Å². The van der Waals surface area contributed by atoms with E-state index in [1.165, 1.54) is 18.4 Å². The molecule has 1 aromatic heterocycles. The Balaban J connectivity index is 1.21. The smallest absolute Gasteiger partial charge is 0.316 e. The zero-order chi connectivity index (χ0) is 18.5. The molecule has 0 bridgehead atoms. The lowest BCUT2D eigenvalue weighted by Crippen LogP contribution is -2.66. The van der Waals surface area contributed by atoms with Crippen LogP contribution in [0.5, 0.6) is 6.01 Å². The molecular formula is C21H29N3O3. The van der Waals surface area contributed by atoms with Gasteiger partial charge in [-0.1, -0.05) is 11.6 Å². The molecule has 1 amide bonds. The molecule has 0 N–H and O–H groups in total. The van der Waals surface area contributed by atoms with Gasteiger partial charge in [0.2, 0.25) is 5.91 Å². The Morgan fingerprint density at radius 2 is 2.15 bits per heavy atom. The predicted molar refractivity (Wildman–Crippen MR) is 101 cm³/mol. The summed E-state index contributed by atoms with van der Waals surface area (Å²) in [6.07, 6.45) is 14.0. The Morgan fingerprint density at radius 3 is 2.93 bits per heavy atom. The SMILES string of the molecule is O=C(CC1=CCCCC1)N1CC2(C[C@H](CCOc3ncccn3)CCO2)C1. The monoisotopic (exact) mass is 371 g/mol. The second kappa shape index (κ2) is 8.38. The van der Waals surface area contributed by atoms with Crippen LogP contribution in [0.3, 0.4) is 0 Å². The van der Waals surface area contributed by atoms with Crippen molar-refractivity contribution in [3.05, 3.63) is 30.1 Å². The molecule has 0 aromatic carbocycles. The van der Waals surface area contributed by atoms with E-state index in [2.05, 4.69) is 16.0 Å². The molecule has 3 aliphatic rings. The van der Waals surface area contributed by atoms with Crippen LogP contribution in [0.1, 0.15) is 51.4 Å². The van der Waals surface area contributed by atoms with Crippen LogP contribution in [0.4, 0.5) is 0 Å². The third kappa shape index (κ3) is 4.67. The van der Waals surface area contributed by atoms with Gasteiger partial charge in [0.15, 0.2) is 0 Å². The van der Waals surface area contributed by atoms with Gasteiger partial charge in [-0.05, 0) is 56.9 Å². The lowest BCUT2D eigenvalue weighted by atomic mass is 9.79. The number of likely N-dealkylation sites (tertiary alicyclic amines) is 1. The summed E-state index contributed by atoms with van der Waals surface area (Å²) in [5, 5.41) is 0. The molecule has 146 valence electrons. The molecule has 6 heteroatoms. The summed E-state index contributed by atoms with van der Waals surface area (Å²) >= 11 is 0. The van der Waals surface area contributed by atoms with Crippen molar-refractivity contribution in [1.82, 2.24) is 14.9 Å². The highest BCUT2D eigenvalue weighted by Crippen LogP contribution is 2.38. The summed E-state index contributed by atoms with van der Waals surface area (Å²) in [7, 11) is 0. The van der Waals surface area contributed by atoms with Gasteiger partial charge in [0.1, 0.15) is 5.60 Å². The maximum atomic E-state index is 12.5. The van der Waals surface area contributed by atoms with Crippen molar-refractivity contribution in [3.8, 4) is 6.01 Å². The Hall–Kier alpha value is -1.95. The maximum absolute atomic E-state index is 12.5. The number of ether oxygens (including phenoxy) is 2. The number of aromatic nitrogens is 2.